The molecule has 4 aromatic carbocycles. The number of anilines is 1. The van der Waals surface area contributed by atoms with Gasteiger partial charge in [0.2, 0.25) is 0 Å². The first-order valence-electron chi connectivity index (χ1n) is 19.4. The van der Waals surface area contributed by atoms with Gasteiger partial charge < -0.3 is 4.90 Å². The lowest BCUT2D eigenvalue weighted by atomic mass is 9.91. The summed E-state index contributed by atoms with van der Waals surface area (Å²) in [6.07, 6.45) is 36.8. The lowest BCUT2D eigenvalue weighted by Crippen LogP contribution is -2.22. The van der Waals surface area contributed by atoms with E-state index in [-0.39, 0.29) is 0 Å². The monoisotopic (exact) mass is 715 g/mol. The molecule has 6 rings (SSSR count). The molecule has 0 radical (unpaired) electrons. The number of fused-ring (bicyclic) bond motifs is 3. The molecule has 0 N–H and O–H groups in total. The van der Waals surface area contributed by atoms with Gasteiger partial charge in [0.1, 0.15) is 0 Å². The van der Waals surface area contributed by atoms with Crippen molar-refractivity contribution in [1.29, 1.82) is 0 Å². The minimum atomic E-state index is 0.688. The van der Waals surface area contributed by atoms with Crippen molar-refractivity contribution in [2.45, 2.75) is 53.4 Å². The van der Waals surface area contributed by atoms with Crippen LogP contribution in [-0.2, 0) is 0 Å². The zero-order valence-corrected chi connectivity index (χ0v) is 32.9. The van der Waals surface area contributed by atoms with Gasteiger partial charge in [-0.15, -0.1) is 0 Å². The molecule has 55 heavy (non-hydrogen) atoms. The quantitative estimate of drug-likeness (QED) is 0.0849. The second-order valence-electron chi connectivity index (χ2n) is 14.2. The van der Waals surface area contributed by atoms with Crippen molar-refractivity contribution < 1.29 is 0 Å². The molecule has 0 aliphatic heterocycles. The van der Waals surface area contributed by atoms with Crippen LogP contribution in [0.5, 0.6) is 0 Å². The van der Waals surface area contributed by atoms with Crippen LogP contribution < -0.4 is 4.90 Å². The highest BCUT2D eigenvalue weighted by atomic mass is 15.2. The van der Waals surface area contributed by atoms with Gasteiger partial charge in [0.25, 0.3) is 0 Å². The molecule has 0 aromatic heterocycles. The van der Waals surface area contributed by atoms with Gasteiger partial charge in [-0.3, -0.25) is 0 Å². The van der Waals surface area contributed by atoms with E-state index < -0.39 is 0 Å². The van der Waals surface area contributed by atoms with Gasteiger partial charge in [-0.25, -0.2) is 0 Å². The molecule has 0 saturated carbocycles. The van der Waals surface area contributed by atoms with Crippen molar-refractivity contribution in [3.63, 3.8) is 0 Å². The summed E-state index contributed by atoms with van der Waals surface area (Å²) >= 11 is 0. The van der Waals surface area contributed by atoms with Crippen LogP contribution in [-0.4, -0.2) is 0 Å². The van der Waals surface area contributed by atoms with Crippen LogP contribution >= 0.6 is 0 Å². The number of allylic oxidation sites excluding steroid dienone is 23. The van der Waals surface area contributed by atoms with Crippen LogP contribution in [0.15, 0.2) is 234 Å². The standard InChI is InChI=1S/C54H53N/c1-7-8-9-10-11-14-24-41(4)37-52-43(6)26-16-12-15-25-42(5)51(39-54(52)55(40(2)3)47-30-17-13-18-31-47)44-28-23-29-45(36-35-44)53-38-46-27-19-20-32-48(46)49-33-21-22-34-50(49)53/h7-8,10-11,13-22,24-36,38-39H,2,4,9,12,23,37H2,1,3,5-6H3/b8-7-,11-10-,24-14-,25-15-,26-16-,51-42+,52-43?,54-39?. The summed E-state index contributed by atoms with van der Waals surface area (Å²) in [6, 6.07) is 30.4. The van der Waals surface area contributed by atoms with E-state index in [1.54, 1.807) is 0 Å². The molecular weight excluding hydrogens is 663 g/mol. The Morgan fingerprint density at radius 1 is 0.709 bits per heavy atom. The molecule has 274 valence electrons. The van der Waals surface area contributed by atoms with E-state index in [1.807, 2.05) is 0 Å². The maximum absolute atomic E-state index is 4.54. The molecule has 2 aliphatic carbocycles. The topological polar surface area (TPSA) is 3.24 Å². The number of hydrogen-bond acceptors (Lipinski definition) is 1. The smallest absolute Gasteiger partial charge is 0.0502 e. The second-order valence-corrected chi connectivity index (χ2v) is 14.2. The van der Waals surface area contributed by atoms with Crippen molar-refractivity contribution in [2.75, 3.05) is 4.90 Å². The van der Waals surface area contributed by atoms with E-state index in [4.69, 9.17) is 0 Å². The summed E-state index contributed by atoms with van der Waals surface area (Å²) in [5.74, 6) is 0. The Kier molecular flexibility index (Phi) is 13.1. The number of benzene rings is 4. The second kappa shape index (κ2) is 18.7. The molecule has 1 heteroatoms. The zero-order chi connectivity index (χ0) is 38.6. The van der Waals surface area contributed by atoms with Gasteiger partial charge >= 0.3 is 0 Å². The van der Waals surface area contributed by atoms with Crippen molar-refractivity contribution in [1.82, 2.24) is 0 Å². The van der Waals surface area contributed by atoms with Crippen molar-refractivity contribution in [3.05, 3.63) is 240 Å². The molecule has 0 saturated heterocycles. The third kappa shape index (κ3) is 9.50. The molecule has 0 bridgehead atoms. The Labute approximate surface area is 329 Å². The van der Waals surface area contributed by atoms with E-state index in [1.165, 1.54) is 60.5 Å². The third-order valence-electron chi connectivity index (χ3n) is 10.1. The van der Waals surface area contributed by atoms with Gasteiger partial charge in [-0.2, -0.15) is 0 Å². The van der Waals surface area contributed by atoms with E-state index in [2.05, 4.69) is 222 Å². The molecule has 0 fully saturated rings. The lowest BCUT2D eigenvalue weighted by molar-refractivity contribution is 1.02. The number of hydrogen-bond donors (Lipinski definition) is 0. The Bertz CT molecular complexity index is 2420. The molecule has 2 aliphatic rings. The Morgan fingerprint density at radius 3 is 2.15 bits per heavy atom. The van der Waals surface area contributed by atoms with E-state index in [0.29, 0.717) is 6.42 Å². The highest BCUT2D eigenvalue weighted by Crippen LogP contribution is 2.38. The number of rotatable bonds is 11. The van der Waals surface area contributed by atoms with Gasteiger partial charge in [-0.05, 0) is 138 Å². The van der Waals surface area contributed by atoms with Crippen LogP contribution in [0.4, 0.5) is 5.69 Å². The third-order valence-corrected chi connectivity index (χ3v) is 10.1. The molecule has 0 atom stereocenters. The Morgan fingerprint density at radius 2 is 1.38 bits per heavy atom. The largest absolute Gasteiger partial charge is 0.315 e. The maximum Gasteiger partial charge on any atom is 0.0502 e. The van der Waals surface area contributed by atoms with Crippen molar-refractivity contribution in [2.24, 2.45) is 0 Å². The minimum Gasteiger partial charge on any atom is -0.315 e. The number of nitrogens with zero attached hydrogens (tertiary/aromatic N) is 1. The van der Waals surface area contributed by atoms with E-state index >= 15 is 0 Å². The zero-order valence-electron chi connectivity index (χ0n) is 32.9. The van der Waals surface area contributed by atoms with Crippen molar-refractivity contribution in [3.8, 4) is 0 Å². The maximum atomic E-state index is 4.54. The molecule has 0 heterocycles. The summed E-state index contributed by atoms with van der Waals surface area (Å²) in [5.41, 5.74) is 12.6. The fraction of sp³-hybridized carbons (Fsp3) is 0.148. The fourth-order valence-electron chi connectivity index (χ4n) is 7.35. The summed E-state index contributed by atoms with van der Waals surface area (Å²) in [4.78, 5) is 2.31. The predicted octanol–water partition coefficient (Wildman–Crippen LogP) is 15.4. The van der Waals surface area contributed by atoms with Gasteiger partial charge in [-0.1, -0.05) is 171 Å². The Balaban J connectivity index is 1.48. The van der Waals surface area contributed by atoms with E-state index in [9.17, 15) is 0 Å². The van der Waals surface area contributed by atoms with Gasteiger partial charge in [0.15, 0.2) is 0 Å². The lowest BCUT2D eigenvalue weighted by Gasteiger charge is -2.31. The normalized spacial score (nSPS) is 18.0. The summed E-state index contributed by atoms with van der Waals surface area (Å²) in [7, 11) is 0. The fourth-order valence-corrected chi connectivity index (χ4v) is 7.35. The molecular formula is C54H53N. The van der Waals surface area contributed by atoms with Crippen LogP contribution in [0.2, 0.25) is 0 Å². The molecule has 0 unspecified atom stereocenters. The summed E-state index contributed by atoms with van der Waals surface area (Å²) in [6.45, 7) is 17.7. The Hall–Kier alpha value is -6.18. The highest BCUT2D eigenvalue weighted by molar-refractivity contribution is 6.12. The molecule has 0 spiro atoms. The first-order chi connectivity index (χ1) is 26.9. The molecule has 1 nitrogen and oxygen atoms in total. The van der Waals surface area contributed by atoms with Gasteiger partial charge in [0.05, 0.1) is 5.70 Å². The van der Waals surface area contributed by atoms with Crippen LogP contribution in [0.3, 0.4) is 0 Å². The van der Waals surface area contributed by atoms with Crippen LogP contribution in [0.25, 0.3) is 27.1 Å². The van der Waals surface area contributed by atoms with Gasteiger partial charge in [0, 0.05) is 11.4 Å². The van der Waals surface area contributed by atoms with E-state index in [0.717, 1.165) is 41.9 Å². The van der Waals surface area contributed by atoms with Crippen molar-refractivity contribution >= 4 is 32.8 Å². The highest BCUT2D eigenvalue weighted by Gasteiger charge is 2.21. The van der Waals surface area contributed by atoms with Crippen LogP contribution in [0, 0.1) is 0 Å². The number of para-hydroxylation sites is 1. The average molecular weight is 716 g/mol. The minimum absolute atomic E-state index is 0.688. The average Bonchev–Trinajstić information content (AvgIpc) is 3.46. The molecule has 0 amide bonds. The SMILES string of the molecule is C=C(/C=C\C=C/C/C=C\C)CC1=C(C)/C=C\C/C=C\C(C)=C(\C2=CCC=C(c3cc4ccccc4c4ccccc34)C=C2)C=C1N(C(=C)C)c1ccccc1. The first kappa shape index (κ1) is 38.5. The van der Waals surface area contributed by atoms with Crippen LogP contribution in [0.1, 0.15) is 58.9 Å². The molecule has 4 aromatic rings. The summed E-state index contributed by atoms with van der Waals surface area (Å²) in [5, 5.41) is 5.10. The predicted molar refractivity (Wildman–Crippen MR) is 243 cm³/mol. The summed E-state index contributed by atoms with van der Waals surface area (Å²) < 4.78 is 0. The first-order valence-corrected chi connectivity index (χ1v) is 19.4.